The van der Waals surface area contributed by atoms with Crippen LogP contribution >= 0.6 is 23.1 Å². The molecule has 25 heavy (non-hydrogen) atoms. The third kappa shape index (κ3) is 3.48. The number of hydrogen-bond acceptors (Lipinski definition) is 6. The number of thioether (sulfide) groups is 1. The number of benzene rings is 1. The Balaban J connectivity index is 1.57. The molecule has 1 aliphatic rings. The van der Waals surface area contributed by atoms with Crippen LogP contribution in [0.25, 0.3) is 10.8 Å². The van der Waals surface area contributed by atoms with E-state index in [1.165, 1.54) is 11.3 Å². The molecule has 1 aliphatic carbocycles. The van der Waals surface area contributed by atoms with E-state index in [-0.39, 0.29) is 5.91 Å². The monoisotopic (exact) mass is 371 g/mol. The third-order valence-corrected chi connectivity index (χ3v) is 5.78. The second-order valence-corrected chi connectivity index (χ2v) is 8.00. The van der Waals surface area contributed by atoms with Crippen LogP contribution in [0.3, 0.4) is 0 Å². The lowest BCUT2D eigenvalue weighted by atomic mass is 10.2. The van der Waals surface area contributed by atoms with Crippen molar-refractivity contribution in [1.82, 2.24) is 10.1 Å². The van der Waals surface area contributed by atoms with E-state index in [1.807, 2.05) is 35.7 Å². The average molecular weight is 371 g/mol. The predicted molar refractivity (Wildman–Crippen MR) is 100 cm³/mol. The molecule has 1 N–H and O–H groups in total. The summed E-state index contributed by atoms with van der Waals surface area (Å²) in [4.78, 5) is 19.0. The summed E-state index contributed by atoms with van der Waals surface area (Å²) >= 11 is 3.14. The maximum Gasteiger partial charge on any atom is 0.270 e. The van der Waals surface area contributed by atoms with Gasteiger partial charge in [0.25, 0.3) is 11.8 Å². The largest absolute Gasteiger partial charge is 0.333 e. The second-order valence-electron chi connectivity index (χ2n) is 5.78. The van der Waals surface area contributed by atoms with Gasteiger partial charge in [-0.25, -0.2) is 0 Å². The van der Waals surface area contributed by atoms with E-state index in [1.54, 1.807) is 11.8 Å². The first-order valence-corrected chi connectivity index (χ1v) is 10.1. The van der Waals surface area contributed by atoms with E-state index in [9.17, 15) is 4.79 Å². The minimum Gasteiger partial charge on any atom is -0.333 e. The van der Waals surface area contributed by atoms with E-state index >= 15 is 0 Å². The first-order valence-electron chi connectivity index (χ1n) is 8.21. The number of aromatic nitrogens is 2. The average Bonchev–Trinajstić information content (AvgIpc) is 3.17. The van der Waals surface area contributed by atoms with E-state index in [0.717, 1.165) is 34.2 Å². The van der Waals surface area contributed by atoms with E-state index in [2.05, 4.69) is 22.4 Å². The Morgan fingerprint density at radius 1 is 1.36 bits per heavy atom. The van der Waals surface area contributed by atoms with Crippen LogP contribution < -0.4 is 5.32 Å². The van der Waals surface area contributed by atoms with Gasteiger partial charge in [-0.2, -0.15) is 4.98 Å². The molecular weight excluding hydrogens is 354 g/mol. The minimum atomic E-state index is -0.127. The summed E-state index contributed by atoms with van der Waals surface area (Å²) in [6, 6.07) is 9.51. The molecule has 2 heterocycles. The van der Waals surface area contributed by atoms with Gasteiger partial charge in [-0.15, -0.1) is 23.1 Å². The van der Waals surface area contributed by atoms with Crippen molar-refractivity contribution >= 4 is 34.7 Å². The molecular formula is C18H17N3O2S2. The number of amides is 1. The van der Waals surface area contributed by atoms with Crippen LogP contribution in [0.5, 0.6) is 0 Å². The molecule has 1 saturated carbocycles. The lowest BCUT2D eigenvalue weighted by molar-refractivity contribution is 0.102. The van der Waals surface area contributed by atoms with E-state index in [0.29, 0.717) is 23.1 Å². The highest BCUT2D eigenvalue weighted by Crippen LogP contribution is 2.40. The first-order chi connectivity index (χ1) is 12.3. The minimum absolute atomic E-state index is 0.127. The van der Waals surface area contributed by atoms with Crippen LogP contribution in [-0.4, -0.2) is 21.8 Å². The summed E-state index contributed by atoms with van der Waals surface area (Å²) in [5, 5.41) is 8.96. The lowest BCUT2D eigenvalue weighted by Gasteiger charge is -2.09. The molecule has 7 heteroatoms. The summed E-state index contributed by atoms with van der Waals surface area (Å²) in [7, 11) is 0. The summed E-state index contributed by atoms with van der Waals surface area (Å²) in [5.74, 6) is 2.47. The molecule has 1 aromatic carbocycles. The molecule has 0 saturated heterocycles. The van der Waals surface area contributed by atoms with Gasteiger partial charge in [0, 0.05) is 10.8 Å². The summed E-state index contributed by atoms with van der Waals surface area (Å²) < 4.78 is 5.39. The Morgan fingerprint density at radius 2 is 2.20 bits per heavy atom. The molecule has 0 atom stereocenters. The van der Waals surface area contributed by atoms with Crippen LogP contribution in [-0.2, 0) is 0 Å². The molecule has 1 fully saturated rings. The van der Waals surface area contributed by atoms with Gasteiger partial charge >= 0.3 is 0 Å². The molecule has 2 aromatic heterocycles. The van der Waals surface area contributed by atoms with Crippen molar-refractivity contribution in [1.29, 1.82) is 0 Å². The highest BCUT2D eigenvalue weighted by molar-refractivity contribution is 7.99. The van der Waals surface area contributed by atoms with E-state index < -0.39 is 0 Å². The Hall–Kier alpha value is -2.12. The highest BCUT2D eigenvalue weighted by Gasteiger charge is 2.29. The fourth-order valence-corrected chi connectivity index (χ4v) is 4.11. The van der Waals surface area contributed by atoms with Crippen LogP contribution in [0.1, 0.15) is 41.9 Å². The number of nitrogens with one attached hydrogen (secondary N) is 1. The van der Waals surface area contributed by atoms with Crippen molar-refractivity contribution in [2.45, 2.75) is 30.6 Å². The Bertz CT molecular complexity index is 899. The fraction of sp³-hybridized carbons (Fsp3) is 0.278. The number of nitrogens with zero attached hydrogens (tertiary/aromatic N) is 2. The molecule has 0 radical (unpaired) electrons. The van der Waals surface area contributed by atoms with Crippen LogP contribution in [0.4, 0.5) is 5.69 Å². The molecule has 4 rings (SSSR count). The number of thiophene rings is 1. The Morgan fingerprint density at radius 3 is 3.00 bits per heavy atom. The fourth-order valence-electron chi connectivity index (χ4n) is 2.53. The molecule has 0 aliphatic heterocycles. The number of hydrogen-bond donors (Lipinski definition) is 1. The molecule has 0 spiro atoms. The summed E-state index contributed by atoms with van der Waals surface area (Å²) in [6.45, 7) is 2.07. The van der Waals surface area contributed by atoms with Gasteiger partial charge < -0.3 is 9.84 Å². The third-order valence-electron chi connectivity index (χ3n) is 3.92. The number of rotatable bonds is 6. The summed E-state index contributed by atoms with van der Waals surface area (Å²) in [5.41, 5.74) is 1.38. The molecule has 0 unspecified atom stereocenters. The number of carbonyl (C=O) groups excluding carboxylic acids is 1. The zero-order chi connectivity index (χ0) is 17.2. The van der Waals surface area contributed by atoms with Crippen molar-refractivity contribution in [2.24, 2.45) is 0 Å². The number of anilines is 1. The van der Waals surface area contributed by atoms with Crippen LogP contribution in [0.2, 0.25) is 0 Å². The maximum atomic E-state index is 12.7. The second kappa shape index (κ2) is 7.01. The quantitative estimate of drug-likeness (QED) is 0.615. The van der Waals surface area contributed by atoms with E-state index in [4.69, 9.17) is 4.52 Å². The van der Waals surface area contributed by atoms with Gasteiger partial charge in [0.15, 0.2) is 5.82 Å². The smallest absolute Gasteiger partial charge is 0.270 e. The van der Waals surface area contributed by atoms with Crippen LogP contribution in [0, 0.1) is 0 Å². The van der Waals surface area contributed by atoms with Crippen molar-refractivity contribution in [3.05, 3.63) is 47.1 Å². The molecule has 1 amide bonds. The van der Waals surface area contributed by atoms with Gasteiger partial charge in [0.05, 0.1) is 11.3 Å². The Kier molecular flexibility index (Phi) is 4.59. The molecule has 3 aromatic rings. The van der Waals surface area contributed by atoms with Crippen LogP contribution in [0.15, 0.2) is 45.1 Å². The predicted octanol–water partition coefficient (Wildman–Crippen LogP) is 5.04. The van der Waals surface area contributed by atoms with Gasteiger partial charge in [-0.1, -0.05) is 24.2 Å². The van der Waals surface area contributed by atoms with Crippen molar-refractivity contribution in [3.63, 3.8) is 0 Å². The summed E-state index contributed by atoms with van der Waals surface area (Å²) in [6.07, 6.45) is 2.25. The van der Waals surface area contributed by atoms with Crippen molar-refractivity contribution in [2.75, 3.05) is 11.1 Å². The SMILES string of the molecule is CCSc1ccccc1C(=O)Nc1ccsc1-c1nc(C2CC2)no1. The molecule has 0 bridgehead atoms. The van der Waals surface area contributed by atoms with Gasteiger partial charge in [-0.05, 0) is 42.2 Å². The highest BCUT2D eigenvalue weighted by atomic mass is 32.2. The normalized spacial score (nSPS) is 13.8. The standard InChI is InChI=1S/C18H17N3O2S2/c1-2-24-14-6-4-3-5-12(14)17(22)19-13-9-10-25-15(13)18-20-16(21-23-18)11-7-8-11/h3-6,9-11H,2,7-8H2,1H3,(H,19,22). The lowest BCUT2D eigenvalue weighted by Crippen LogP contribution is -2.13. The maximum absolute atomic E-state index is 12.7. The molecule has 128 valence electrons. The van der Waals surface area contributed by atoms with Crippen molar-refractivity contribution in [3.8, 4) is 10.8 Å². The van der Waals surface area contributed by atoms with Gasteiger partial charge in [0.2, 0.25) is 0 Å². The van der Waals surface area contributed by atoms with Gasteiger partial charge in [-0.3, -0.25) is 4.79 Å². The Labute approximate surface area is 153 Å². The number of carbonyl (C=O) groups is 1. The first kappa shape index (κ1) is 16.4. The van der Waals surface area contributed by atoms with Crippen molar-refractivity contribution < 1.29 is 9.32 Å². The van der Waals surface area contributed by atoms with Gasteiger partial charge in [0.1, 0.15) is 4.88 Å². The zero-order valence-corrected chi connectivity index (χ0v) is 15.3. The topological polar surface area (TPSA) is 68.0 Å². The zero-order valence-electron chi connectivity index (χ0n) is 13.7. The molecule has 5 nitrogen and oxygen atoms in total.